The molecule has 0 radical (unpaired) electrons. The van der Waals surface area contributed by atoms with Gasteiger partial charge in [-0.3, -0.25) is 0 Å². The highest BCUT2D eigenvalue weighted by Gasteiger charge is 2.27. The van der Waals surface area contributed by atoms with Crippen molar-refractivity contribution in [3.8, 4) is 0 Å². The third-order valence-corrected chi connectivity index (χ3v) is 4.22. The molecule has 2 fully saturated rings. The normalized spacial score (nSPS) is 26.7. The van der Waals surface area contributed by atoms with Crippen molar-refractivity contribution in [3.63, 3.8) is 0 Å². The molecule has 0 amide bonds. The highest BCUT2D eigenvalue weighted by Crippen LogP contribution is 2.40. The van der Waals surface area contributed by atoms with Gasteiger partial charge in [0.25, 0.3) is 0 Å². The number of nitrogens with one attached hydrogen (secondary N) is 1. The van der Waals surface area contributed by atoms with Crippen LogP contribution in [0.15, 0.2) is 10.5 Å². The Morgan fingerprint density at radius 2 is 2.00 bits per heavy atom. The van der Waals surface area contributed by atoms with Crippen molar-refractivity contribution in [2.24, 2.45) is 0 Å². The van der Waals surface area contributed by atoms with Gasteiger partial charge in [-0.25, -0.2) is 0 Å². The van der Waals surface area contributed by atoms with E-state index in [0.717, 1.165) is 29.6 Å². The molecule has 88 valence electrons. The molecule has 2 aliphatic rings. The van der Waals surface area contributed by atoms with E-state index in [9.17, 15) is 0 Å². The van der Waals surface area contributed by atoms with Crippen molar-refractivity contribution in [2.45, 2.75) is 43.9 Å². The molecule has 0 aromatic carbocycles. The van der Waals surface area contributed by atoms with Gasteiger partial charge in [-0.05, 0) is 31.9 Å². The van der Waals surface area contributed by atoms with Gasteiger partial charge in [0.1, 0.15) is 11.5 Å². The number of hydrogen-bond acceptors (Lipinski definition) is 2. The molecule has 1 saturated heterocycles. The standard InChI is InChI=1S/C13H18ClNO/c14-11-7-12(10-5-6-15-8-10)16-13(11)9-3-1-2-4-9/h7,9-10,15H,1-6,8H2. The second kappa shape index (κ2) is 4.42. The van der Waals surface area contributed by atoms with Crippen LogP contribution in [0.25, 0.3) is 0 Å². The zero-order valence-electron chi connectivity index (χ0n) is 9.47. The van der Waals surface area contributed by atoms with Crippen molar-refractivity contribution < 1.29 is 4.42 Å². The van der Waals surface area contributed by atoms with Crippen molar-refractivity contribution in [1.82, 2.24) is 5.32 Å². The first-order valence-corrected chi connectivity index (χ1v) is 6.72. The number of halogens is 1. The lowest BCUT2D eigenvalue weighted by molar-refractivity contribution is 0.411. The minimum absolute atomic E-state index is 0.535. The number of hydrogen-bond donors (Lipinski definition) is 1. The fourth-order valence-electron chi connectivity index (χ4n) is 2.97. The van der Waals surface area contributed by atoms with Crippen LogP contribution in [0.3, 0.4) is 0 Å². The van der Waals surface area contributed by atoms with Gasteiger partial charge in [-0.1, -0.05) is 24.4 Å². The van der Waals surface area contributed by atoms with E-state index in [4.69, 9.17) is 16.0 Å². The molecular formula is C13H18ClNO. The maximum absolute atomic E-state index is 6.29. The Kier molecular flexibility index (Phi) is 2.95. The Balaban J connectivity index is 1.83. The van der Waals surface area contributed by atoms with Crippen LogP contribution >= 0.6 is 11.6 Å². The first kappa shape index (κ1) is 10.7. The van der Waals surface area contributed by atoms with Crippen LogP contribution in [0.2, 0.25) is 5.02 Å². The molecule has 1 aromatic rings. The summed E-state index contributed by atoms with van der Waals surface area (Å²) >= 11 is 6.29. The van der Waals surface area contributed by atoms with Gasteiger partial charge < -0.3 is 9.73 Å². The van der Waals surface area contributed by atoms with Crippen LogP contribution in [0.5, 0.6) is 0 Å². The van der Waals surface area contributed by atoms with E-state index in [1.165, 1.54) is 32.1 Å². The van der Waals surface area contributed by atoms with Crippen LogP contribution in [0, 0.1) is 0 Å². The van der Waals surface area contributed by atoms with Gasteiger partial charge in [-0.15, -0.1) is 0 Å². The van der Waals surface area contributed by atoms with E-state index < -0.39 is 0 Å². The van der Waals surface area contributed by atoms with Crippen LogP contribution in [0.4, 0.5) is 0 Å². The maximum atomic E-state index is 6.29. The Hall–Kier alpha value is -0.470. The highest BCUT2D eigenvalue weighted by atomic mass is 35.5. The lowest BCUT2D eigenvalue weighted by Crippen LogP contribution is -2.07. The fourth-order valence-corrected chi connectivity index (χ4v) is 3.27. The Bertz CT molecular complexity index is 362. The van der Waals surface area contributed by atoms with Gasteiger partial charge in [-0.2, -0.15) is 0 Å². The predicted octanol–water partition coefficient (Wildman–Crippen LogP) is 3.67. The zero-order valence-corrected chi connectivity index (χ0v) is 10.2. The number of rotatable bonds is 2. The fraction of sp³-hybridized carbons (Fsp3) is 0.692. The third kappa shape index (κ3) is 1.89. The molecule has 1 atom stereocenters. The molecule has 1 saturated carbocycles. The van der Waals surface area contributed by atoms with Crippen molar-refractivity contribution in [1.29, 1.82) is 0 Å². The molecule has 1 unspecified atom stereocenters. The van der Waals surface area contributed by atoms with Crippen LogP contribution < -0.4 is 5.32 Å². The molecule has 1 aliphatic heterocycles. The number of furan rings is 1. The first-order valence-electron chi connectivity index (χ1n) is 6.34. The molecule has 16 heavy (non-hydrogen) atoms. The van der Waals surface area contributed by atoms with E-state index in [1.807, 2.05) is 6.07 Å². The van der Waals surface area contributed by atoms with E-state index >= 15 is 0 Å². The Labute approximate surface area is 101 Å². The van der Waals surface area contributed by atoms with Gasteiger partial charge in [0.2, 0.25) is 0 Å². The summed E-state index contributed by atoms with van der Waals surface area (Å²) in [5.74, 6) is 3.27. The lowest BCUT2D eigenvalue weighted by Gasteiger charge is -2.07. The molecule has 2 nitrogen and oxygen atoms in total. The minimum atomic E-state index is 0.535. The summed E-state index contributed by atoms with van der Waals surface area (Å²) in [6, 6.07) is 2.05. The molecule has 1 aromatic heterocycles. The van der Waals surface area contributed by atoms with Crippen molar-refractivity contribution in [3.05, 3.63) is 22.6 Å². The summed E-state index contributed by atoms with van der Waals surface area (Å²) in [6.07, 6.45) is 6.31. The van der Waals surface area contributed by atoms with Gasteiger partial charge in [0.05, 0.1) is 5.02 Å². The third-order valence-electron chi connectivity index (χ3n) is 3.92. The van der Waals surface area contributed by atoms with E-state index in [1.54, 1.807) is 0 Å². The highest BCUT2D eigenvalue weighted by molar-refractivity contribution is 6.31. The molecule has 2 heterocycles. The van der Waals surface area contributed by atoms with E-state index in [-0.39, 0.29) is 0 Å². The summed E-state index contributed by atoms with van der Waals surface area (Å²) in [7, 11) is 0. The zero-order chi connectivity index (χ0) is 11.0. The Morgan fingerprint density at radius 1 is 1.19 bits per heavy atom. The van der Waals surface area contributed by atoms with Crippen molar-refractivity contribution >= 4 is 11.6 Å². The second-order valence-electron chi connectivity index (χ2n) is 5.03. The average molecular weight is 240 g/mol. The summed E-state index contributed by atoms with van der Waals surface area (Å²) < 4.78 is 6.01. The largest absolute Gasteiger partial charge is 0.464 e. The van der Waals surface area contributed by atoms with Gasteiger partial charge in [0.15, 0.2) is 0 Å². The first-order chi connectivity index (χ1) is 7.84. The molecular weight excluding hydrogens is 222 g/mol. The van der Waals surface area contributed by atoms with Gasteiger partial charge in [0, 0.05) is 18.4 Å². The topological polar surface area (TPSA) is 25.2 Å². The summed E-state index contributed by atoms with van der Waals surface area (Å²) in [5.41, 5.74) is 0. The minimum Gasteiger partial charge on any atom is -0.464 e. The monoisotopic (exact) mass is 239 g/mol. The second-order valence-corrected chi connectivity index (χ2v) is 5.44. The molecule has 1 aliphatic carbocycles. The van der Waals surface area contributed by atoms with Crippen LogP contribution in [-0.2, 0) is 0 Å². The van der Waals surface area contributed by atoms with E-state index in [2.05, 4.69) is 5.32 Å². The molecule has 1 N–H and O–H groups in total. The SMILES string of the molecule is Clc1cc(C2CCNC2)oc1C1CCCC1. The molecule has 0 spiro atoms. The molecule has 0 bridgehead atoms. The summed E-state index contributed by atoms with van der Waals surface area (Å²) in [6.45, 7) is 2.13. The lowest BCUT2D eigenvalue weighted by atomic mass is 10.1. The molecule has 3 heteroatoms. The van der Waals surface area contributed by atoms with Crippen molar-refractivity contribution in [2.75, 3.05) is 13.1 Å². The quantitative estimate of drug-likeness (QED) is 0.852. The van der Waals surface area contributed by atoms with E-state index in [0.29, 0.717) is 11.8 Å². The van der Waals surface area contributed by atoms with Crippen LogP contribution in [0.1, 0.15) is 55.5 Å². The maximum Gasteiger partial charge on any atom is 0.125 e. The average Bonchev–Trinajstić information content (AvgIpc) is 2.97. The summed E-state index contributed by atoms with van der Waals surface area (Å²) in [4.78, 5) is 0. The molecule has 3 rings (SSSR count). The predicted molar refractivity (Wildman–Crippen MR) is 65.2 cm³/mol. The summed E-state index contributed by atoms with van der Waals surface area (Å²) in [5, 5.41) is 4.22. The smallest absolute Gasteiger partial charge is 0.125 e. The van der Waals surface area contributed by atoms with Crippen LogP contribution in [-0.4, -0.2) is 13.1 Å². The van der Waals surface area contributed by atoms with Gasteiger partial charge >= 0.3 is 0 Å². The Morgan fingerprint density at radius 3 is 2.69 bits per heavy atom.